The summed E-state index contributed by atoms with van der Waals surface area (Å²) >= 11 is 0. The maximum absolute atomic E-state index is 8.17. The average Bonchev–Trinajstić information content (AvgIpc) is 2.60. The van der Waals surface area contributed by atoms with Gasteiger partial charge in [0.2, 0.25) is 0 Å². The number of hydrogen-bond donors (Lipinski definition) is 3. The second-order valence-electron chi connectivity index (χ2n) is 1.90. The van der Waals surface area contributed by atoms with Crippen molar-refractivity contribution in [1.82, 2.24) is 0 Å². The van der Waals surface area contributed by atoms with E-state index in [4.69, 9.17) is 15.3 Å². The molecule has 1 heterocycles. The van der Waals surface area contributed by atoms with Gasteiger partial charge in [0.1, 0.15) is 6.10 Å². The van der Waals surface area contributed by atoms with Gasteiger partial charge in [-0.3, -0.25) is 0 Å². The van der Waals surface area contributed by atoms with E-state index in [1.54, 1.807) is 0 Å². The van der Waals surface area contributed by atoms with E-state index < -0.39 is 6.10 Å². The molecular formula is C7H13O3P. The Labute approximate surface area is 67.4 Å². The summed E-state index contributed by atoms with van der Waals surface area (Å²) in [5.74, 6) is 4.31. The summed E-state index contributed by atoms with van der Waals surface area (Å²) in [6.45, 7) is -0.729. The van der Waals surface area contributed by atoms with E-state index >= 15 is 0 Å². The van der Waals surface area contributed by atoms with Crippen molar-refractivity contribution in [2.45, 2.75) is 6.10 Å². The van der Waals surface area contributed by atoms with Crippen LogP contribution in [-0.2, 0) is 0 Å². The third-order valence-electron chi connectivity index (χ3n) is 0.918. The highest BCUT2D eigenvalue weighted by Crippen LogP contribution is 1.99. The van der Waals surface area contributed by atoms with Crippen molar-refractivity contribution in [3.05, 3.63) is 23.7 Å². The van der Waals surface area contributed by atoms with Crippen molar-refractivity contribution in [3.8, 4) is 0 Å². The van der Waals surface area contributed by atoms with Gasteiger partial charge in [0.05, 0.1) is 13.2 Å². The third kappa shape index (κ3) is 7.56. The molecule has 0 fully saturated rings. The van der Waals surface area contributed by atoms with Crippen LogP contribution in [0.25, 0.3) is 0 Å². The van der Waals surface area contributed by atoms with Crippen LogP contribution in [0, 0.1) is 0 Å². The Morgan fingerprint density at radius 2 is 1.55 bits per heavy atom. The van der Waals surface area contributed by atoms with E-state index in [2.05, 4.69) is 23.7 Å². The number of rotatable bonds is 2. The van der Waals surface area contributed by atoms with Crippen molar-refractivity contribution in [3.63, 3.8) is 0 Å². The van der Waals surface area contributed by atoms with Gasteiger partial charge >= 0.3 is 0 Å². The van der Waals surface area contributed by atoms with E-state index in [0.29, 0.717) is 0 Å². The normalized spacial score (nSPS) is 9.09. The summed E-state index contributed by atoms with van der Waals surface area (Å²) in [5, 5.41) is 24.0. The number of hydrogen-bond acceptors (Lipinski definition) is 3. The Hall–Kier alpha value is -0.340. The molecule has 0 spiro atoms. The van der Waals surface area contributed by atoms with Crippen molar-refractivity contribution in [1.29, 1.82) is 0 Å². The topological polar surface area (TPSA) is 60.7 Å². The molecule has 11 heavy (non-hydrogen) atoms. The summed E-state index contributed by atoms with van der Waals surface area (Å²) < 4.78 is 0. The lowest BCUT2D eigenvalue weighted by molar-refractivity contribution is 0.0450. The summed E-state index contributed by atoms with van der Waals surface area (Å²) in [5.41, 5.74) is 0. The minimum Gasteiger partial charge on any atom is -0.394 e. The first-order valence-electron chi connectivity index (χ1n) is 3.28. The van der Waals surface area contributed by atoms with Gasteiger partial charge in [-0.15, -0.1) is 8.19 Å². The molecule has 0 aliphatic rings. The molecule has 0 radical (unpaired) electrons. The van der Waals surface area contributed by atoms with Crippen molar-refractivity contribution >= 4 is 8.19 Å². The highest BCUT2D eigenvalue weighted by molar-refractivity contribution is 7.28. The van der Waals surface area contributed by atoms with Gasteiger partial charge in [0.15, 0.2) is 0 Å². The summed E-state index contributed by atoms with van der Waals surface area (Å²) in [6, 6.07) is 4.14. The predicted octanol–water partition coefficient (Wildman–Crippen LogP) is 0.0498. The van der Waals surface area contributed by atoms with Crippen LogP contribution in [-0.4, -0.2) is 34.6 Å². The maximum atomic E-state index is 8.17. The fourth-order valence-corrected chi connectivity index (χ4v) is 0.891. The molecule has 4 heteroatoms. The Morgan fingerprint density at radius 3 is 1.64 bits per heavy atom. The molecule has 1 aromatic heterocycles. The van der Waals surface area contributed by atoms with Crippen LogP contribution in [0.4, 0.5) is 0 Å². The zero-order valence-electron chi connectivity index (χ0n) is 6.14. The third-order valence-corrected chi connectivity index (χ3v) is 1.69. The van der Waals surface area contributed by atoms with E-state index in [0.717, 1.165) is 8.19 Å². The van der Waals surface area contributed by atoms with Gasteiger partial charge in [-0.2, -0.15) is 0 Å². The zero-order chi connectivity index (χ0) is 8.53. The Bertz CT molecular complexity index is 120. The summed E-state index contributed by atoms with van der Waals surface area (Å²) in [7, 11) is 0.948. The highest BCUT2D eigenvalue weighted by Gasteiger charge is 1.93. The van der Waals surface area contributed by atoms with Gasteiger partial charge < -0.3 is 15.3 Å². The van der Waals surface area contributed by atoms with Crippen LogP contribution in [0.15, 0.2) is 23.7 Å². The minimum atomic E-state index is -0.954. The molecule has 0 saturated heterocycles. The van der Waals surface area contributed by atoms with Gasteiger partial charge in [-0.1, -0.05) is 12.1 Å². The number of aliphatic hydroxyl groups excluding tert-OH is 3. The molecular weight excluding hydrogens is 163 g/mol. The molecule has 3 N–H and O–H groups in total. The first-order chi connectivity index (χ1) is 5.31. The molecule has 0 bridgehead atoms. The van der Waals surface area contributed by atoms with Crippen LogP contribution >= 0.6 is 8.19 Å². The molecule has 1 rings (SSSR count). The average molecular weight is 176 g/mol. The van der Waals surface area contributed by atoms with Crippen LogP contribution in [0.5, 0.6) is 0 Å². The summed E-state index contributed by atoms with van der Waals surface area (Å²) in [6.07, 6.45) is -0.954. The first kappa shape index (κ1) is 10.7. The molecule has 0 amide bonds. The van der Waals surface area contributed by atoms with Gasteiger partial charge in [0, 0.05) is 0 Å². The lowest BCUT2D eigenvalue weighted by Gasteiger charge is -1.96. The molecule has 3 nitrogen and oxygen atoms in total. The van der Waals surface area contributed by atoms with Crippen LogP contribution in [0.2, 0.25) is 0 Å². The second kappa shape index (κ2) is 7.76. The minimum absolute atomic E-state index is 0.365. The van der Waals surface area contributed by atoms with E-state index in [1.165, 1.54) is 0 Å². The lowest BCUT2D eigenvalue weighted by Crippen LogP contribution is -2.15. The smallest absolute Gasteiger partial charge is 0.100 e. The fourth-order valence-electron chi connectivity index (χ4n) is 0.336. The molecule has 0 aliphatic carbocycles. The number of aliphatic hydroxyl groups is 3. The Kier molecular flexibility index (Phi) is 7.52. The zero-order valence-corrected chi connectivity index (χ0v) is 7.14. The second-order valence-corrected chi connectivity index (χ2v) is 2.90. The molecule has 0 aromatic carbocycles. The van der Waals surface area contributed by atoms with Gasteiger partial charge in [0.25, 0.3) is 0 Å². The standard InChI is InChI=1S/C4H5P.C3H8O3/c1-2-4-5-3-1;4-1-3(6)2-5/h1-5H;3-6H,1-2H2. The molecule has 0 unspecified atom stereocenters. The van der Waals surface area contributed by atoms with Crippen LogP contribution in [0.1, 0.15) is 0 Å². The van der Waals surface area contributed by atoms with E-state index in [-0.39, 0.29) is 13.2 Å². The fraction of sp³-hybridized carbons (Fsp3) is 0.429. The summed E-state index contributed by atoms with van der Waals surface area (Å²) in [4.78, 5) is 0. The van der Waals surface area contributed by atoms with E-state index in [1.807, 2.05) is 0 Å². The predicted molar refractivity (Wildman–Crippen MR) is 46.1 cm³/mol. The monoisotopic (exact) mass is 176 g/mol. The maximum Gasteiger partial charge on any atom is 0.100 e. The quantitative estimate of drug-likeness (QED) is 0.596. The molecule has 0 saturated carbocycles. The largest absolute Gasteiger partial charge is 0.394 e. The molecule has 0 atom stereocenters. The van der Waals surface area contributed by atoms with Gasteiger partial charge in [-0.25, -0.2) is 0 Å². The molecule has 0 aliphatic heterocycles. The first-order valence-corrected chi connectivity index (χ1v) is 4.44. The Balaban J connectivity index is 0.000000183. The highest BCUT2D eigenvalue weighted by atomic mass is 31.0. The lowest BCUT2D eigenvalue weighted by atomic mass is 10.4. The van der Waals surface area contributed by atoms with Crippen molar-refractivity contribution in [2.75, 3.05) is 13.2 Å². The SMILES string of the molecule is OCC(O)CO.c1cc[pH]c1. The van der Waals surface area contributed by atoms with Crippen molar-refractivity contribution < 1.29 is 15.3 Å². The van der Waals surface area contributed by atoms with E-state index in [9.17, 15) is 0 Å². The van der Waals surface area contributed by atoms with Crippen LogP contribution < -0.4 is 0 Å². The Morgan fingerprint density at radius 1 is 1.09 bits per heavy atom. The van der Waals surface area contributed by atoms with Crippen molar-refractivity contribution in [2.24, 2.45) is 0 Å². The molecule has 1 aromatic rings. The van der Waals surface area contributed by atoms with Crippen LogP contribution in [0.3, 0.4) is 0 Å². The molecule has 64 valence electrons. The van der Waals surface area contributed by atoms with Gasteiger partial charge in [-0.05, 0) is 11.6 Å².